The number of nitrogens with zero attached hydrogens (tertiary/aromatic N) is 1. The van der Waals surface area contributed by atoms with Crippen molar-refractivity contribution in [1.29, 1.82) is 0 Å². The second kappa shape index (κ2) is 6.46. The summed E-state index contributed by atoms with van der Waals surface area (Å²) in [5.41, 5.74) is 2.48. The van der Waals surface area contributed by atoms with Crippen molar-refractivity contribution in [3.05, 3.63) is 77.9 Å². The molecule has 0 fully saturated rings. The minimum atomic E-state index is -3.37. The summed E-state index contributed by atoms with van der Waals surface area (Å²) in [6.07, 6.45) is 3.90. The molecule has 22 heavy (non-hydrogen) atoms. The van der Waals surface area contributed by atoms with Crippen LogP contribution in [0.2, 0.25) is 0 Å². The minimum Gasteiger partial charge on any atom is -0.207 e. The second-order valence-electron chi connectivity index (χ2n) is 5.46. The van der Waals surface area contributed by atoms with Crippen LogP contribution in [-0.4, -0.2) is 25.8 Å². The van der Waals surface area contributed by atoms with Crippen LogP contribution >= 0.6 is 0 Å². The van der Waals surface area contributed by atoms with Gasteiger partial charge in [0, 0.05) is 13.1 Å². The zero-order valence-electron chi connectivity index (χ0n) is 12.4. The van der Waals surface area contributed by atoms with Crippen molar-refractivity contribution in [2.24, 2.45) is 0 Å². The van der Waals surface area contributed by atoms with Gasteiger partial charge in [-0.25, -0.2) is 8.42 Å². The first-order valence-electron chi connectivity index (χ1n) is 7.43. The summed E-state index contributed by atoms with van der Waals surface area (Å²) in [4.78, 5) is 0.368. The molecule has 0 saturated heterocycles. The maximum atomic E-state index is 12.5. The molecular weight excluding hydrogens is 294 g/mol. The fraction of sp³-hybridized carbons (Fsp3) is 0.222. The highest BCUT2D eigenvalue weighted by atomic mass is 32.2. The van der Waals surface area contributed by atoms with Crippen molar-refractivity contribution in [3.8, 4) is 0 Å². The van der Waals surface area contributed by atoms with Gasteiger partial charge in [-0.3, -0.25) is 0 Å². The third kappa shape index (κ3) is 3.29. The summed E-state index contributed by atoms with van der Waals surface area (Å²) in [6.45, 7) is 0.978. The van der Waals surface area contributed by atoms with Gasteiger partial charge in [-0.2, -0.15) is 4.31 Å². The van der Waals surface area contributed by atoms with Gasteiger partial charge in [-0.05, 0) is 30.5 Å². The lowest BCUT2D eigenvalue weighted by Gasteiger charge is -2.16. The van der Waals surface area contributed by atoms with Gasteiger partial charge >= 0.3 is 0 Å². The first kappa shape index (κ1) is 15.0. The van der Waals surface area contributed by atoms with E-state index in [9.17, 15) is 8.42 Å². The molecule has 114 valence electrons. The number of sulfonamides is 1. The topological polar surface area (TPSA) is 37.4 Å². The van der Waals surface area contributed by atoms with Gasteiger partial charge in [0.15, 0.2) is 0 Å². The highest BCUT2D eigenvalue weighted by molar-refractivity contribution is 7.89. The van der Waals surface area contributed by atoms with Gasteiger partial charge in [-0.15, -0.1) is 0 Å². The fourth-order valence-electron chi connectivity index (χ4n) is 2.64. The molecule has 0 radical (unpaired) electrons. The molecule has 1 heterocycles. The Morgan fingerprint density at radius 3 is 2.18 bits per heavy atom. The van der Waals surface area contributed by atoms with E-state index in [0.717, 1.165) is 12.8 Å². The van der Waals surface area contributed by atoms with Gasteiger partial charge in [0.2, 0.25) is 10.0 Å². The normalized spacial score (nSPS) is 15.7. The Kier molecular flexibility index (Phi) is 4.41. The Morgan fingerprint density at radius 1 is 0.864 bits per heavy atom. The Bertz CT molecular complexity index is 752. The maximum absolute atomic E-state index is 12.5. The highest BCUT2D eigenvalue weighted by Gasteiger charge is 2.27. The molecule has 0 bridgehead atoms. The van der Waals surface area contributed by atoms with Crippen molar-refractivity contribution in [1.82, 2.24) is 4.31 Å². The van der Waals surface area contributed by atoms with Gasteiger partial charge in [0.1, 0.15) is 0 Å². The van der Waals surface area contributed by atoms with E-state index in [1.54, 1.807) is 28.6 Å². The second-order valence-corrected chi connectivity index (χ2v) is 7.40. The number of aryl methyl sites for hydroxylation is 1. The molecule has 2 aromatic rings. The molecule has 0 aromatic heterocycles. The molecule has 0 unspecified atom stereocenters. The number of hydrogen-bond acceptors (Lipinski definition) is 2. The number of benzene rings is 2. The molecule has 0 amide bonds. The van der Waals surface area contributed by atoms with Gasteiger partial charge in [-0.1, -0.05) is 60.2 Å². The van der Waals surface area contributed by atoms with E-state index in [-0.39, 0.29) is 0 Å². The van der Waals surface area contributed by atoms with Crippen LogP contribution in [-0.2, 0) is 16.4 Å². The average Bonchev–Trinajstić information content (AvgIpc) is 3.04. The quantitative estimate of drug-likeness (QED) is 0.795. The molecule has 1 aliphatic heterocycles. The van der Waals surface area contributed by atoms with Crippen LogP contribution in [0.15, 0.2) is 77.2 Å². The smallest absolute Gasteiger partial charge is 0.207 e. The molecule has 1 aliphatic rings. The monoisotopic (exact) mass is 313 g/mol. The average molecular weight is 313 g/mol. The van der Waals surface area contributed by atoms with Crippen LogP contribution in [0.5, 0.6) is 0 Å². The molecule has 2 aromatic carbocycles. The van der Waals surface area contributed by atoms with E-state index in [2.05, 4.69) is 12.1 Å². The van der Waals surface area contributed by atoms with E-state index in [1.807, 2.05) is 30.3 Å². The highest BCUT2D eigenvalue weighted by Crippen LogP contribution is 2.22. The van der Waals surface area contributed by atoms with Crippen LogP contribution in [0, 0.1) is 0 Å². The molecule has 0 saturated carbocycles. The third-order valence-corrected chi connectivity index (χ3v) is 5.75. The van der Waals surface area contributed by atoms with E-state index in [0.29, 0.717) is 18.0 Å². The molecule has 0 spiro atoms. The molecule has 3 nitrogen and oxygen atoms in total. The van der Waals surface area contributed by atoms with Crippen molar-refractivity contribution in [2.45, 2.75) is 17.7 Å². The summed E-state index contributed by atoms with van der Waals surface area (Å²) in [5, 5.41) is 0. The molecule has 0 aliphatic carbocycles. The van der Waals surface area contributed by atoms with Crippen LogP contribution in [0.1, 0.15) is 12.0 Å². The van der Waals surface area contributed by atoms with E-state index in [4.69, 9.17) is 0 Å². The standard InChI is InChI=1S/C18H19NO2S/c20-22(21,18-9-5-2-6-10-18)19-14-13-17(15-19)12-11-16-7-3-1-4-8-16/h1-10,13H,11-12,14-15H2. The lowest BCUT2D eigenvalue weighted by molar-refractivity contribution is 0.482. The van der Waals surface area contributed by atoms with Crippen molar-refractivity contribution >= 4 is 10.0 Å². The number of hydrogen-bond donors (Lipinski definition) is 0. The molecule has 0 atom stereocenters. The molecule has 4 heteroatoms. The first-order valence-corrected chi connectivity index (χ1v) is 8.87. The summed E-state index contributed by atoms with van der Waals surface area (Å²) in [7, 11) is -3.37. The van der Waals surface area contributed by atoms with E-state index < -0.39 is 10.0 Å². The zero-order valence-corrected chi connectivity index (χ0v) is 13.2. The van der Waals surface area contributed by atoms with E-state index in [1.165, 1.54) is 11.1 Å². The van der Waals surface area contributed by atoms with Crippen LogP contribution in [0.4, 0.5) is 0 Å². The van der Waals surface area contributed by atoms with E-state index >= 15 is 0 Å². The first-order chi connectivity index (χ1) is 10.7. The Morgan fingerprint density at radius 2 is 1.50 bits per heavy atom. The third-order valence-electron chi connectivity index (χ3n) is 3.92. The van der Waals surface area contributed by atoms with Crippen molar-refractivity contribution in [2.75, 3.05) is 13.1 Å². The lowest BCUT2D eigenvalue weighted by atomic mass is 10.1. The summed E-state index contributed by atoms with van der Waals surface area (Å²) in [6, 6.07) is 18.9. The zero-order chi connectivity index (χ0) is 15.4. The summed E-state index contributed by atoms with van der Waals surface area (Å²) < 4.78 is 26.6. The van der Waals surface area contributed by atoms with Crippen molar-refractivity contribution in [3.63, 3.8) is 0 Å². The van der Waals surface area contributed by atoms with Crippen LogP contribution < -0.4 is 0 Å². The largest absolute Gasteiger partial charge is 0.243 e. The molecule has 3 rings (SSSR count). The lowest BCUT2D eigenvalue weighted by Crippen LogP contribution is -2.29. The Balaban J connectivity index is 1.62. The Hall–Kier alpha value is -1.91. The van der Waals surface area contributed by atoms with Gasteiger partial charge in [0.05, 0.1) is 4.90 Å². The van der Waals surface area contributed by atoms with Crippen LogP contribution in [0.3, 0.4) is 0 Å². The molecular formula is C18H19NO2S. The SMILES string of the molecule is O=S(=O)(c1ccccc1)N1CC=C(CCc2ccccc2)C1. The molecule has 0 N–H and O–H groups in total. The summed E-state index contributed by atoms with van der Waals surface area (Å²) in [5.74, 6) is 0. The summed E-state index contributed by atoms with van der Waals surface area (Å²) >= 11 is 0. The predicted molar refractivity (Wildman–Crippen MR) is 88.0 cm³/mol. The fourth-order valence-corrected chi connectivity index (χ4v) is 4.05. The van der Waals surface area contributed by atoms with Crippen molar-refractivity contribution < 1.29 is 8.42 Å². The van der Waals surface area contributed by atoms with Gasteiger partial charge < -0.3 is 0 Å². The minimum absolute atomic E-state index is 0.368. The predicted octanol–water partition coefficient (Wildman–Crippen LogP) is 3.25. The van der Waals surface area contributed by atoms with Crippen LogP contribution in [0.25, 0.3) is 0 Å². The number of rotatable bonds is 5. The maximum Gasteiger partial charge on any atom is 0.243 e. The Labute approximate surface area is 132 Å². The van der Waals surface area contributed by atoms with Gasteiger partial charge in [0.25, 0.3) is 0 Å².